The second kappa shape index (κ2) is 5.20. The Balaban J connectivity index is 2.93. The van der Waals surface area contributed by atoms with Crippen molar-refractivity contribution >= 4 is 12.4 Å². The van der Waals surface area contributed by atoms with Crippen LogP contribution in [0.15, 0.2) is 18.2 Å². The molecule has 0 saturated heterocycles. The maximum absolute atomic E-state index is 13.2. The molecular weight excluding hydrogens is 220 g/mol. The van der Waals surface area contributed by atoms with E-state index in [1.165, 1.54) is 6.07 Å². The molecule has 0 aromatic heterocycles. The predicted octanol–water partition coefficient (Wildman–Crippen LogP) is 0.706. The van der Waals surface area contributed by atoms with Crippen LogP contribution in [0.3, 0.4) is 0 Å². The summed E-state index contributed by atoms with van der Waals surface area (Å²) in [5, 5.41) is 10.7. The monoisotopic (exact) mass is 229 g/mol. The van der Waals surface area contributed by atoms with Gasteiger partial charge in [0.2, 0.25) is 6.41 Å². The maximum atomic E-state index is 13.2. The highest BCUT2D eigenvalue weighted by Gasteiger charge is 2.20. The molecule has 4 nitrogen and oxygen atoms in total. The van der Waals surface area contributed by atoms with Crippen molar-refractivity contribution in [2.75, 3.05) is 0 Å². The van der Waals surface area contributed by atoms with Crippen LogP contribution in [0.1, 0.15) is 5.56 Å². The van der Waals surface area contributed by atoms with E-state index in [0.717, 1.165) is 12.1 Å². The van der Waals surface area contributed by atoms with Crippen molar-refractivity contribution in [1.29, 1.82) is 0 Å². The summed E-state index contributed by atoms with van der Waals surface area (Å²) in [7, 11) is 0. The van der Waals surface area contributed by atoms with E-state index in [2.05, 4.69) is 0 Å². The summed E-state index contributed by atoms with van der Waals surface area (Å²) >= 11 is 0. The highest BCUT2D eigenvalue weighted by molar-refractivity contribution is 5.76. The average Bonchev–Trinajstić information content (AvgIpc) is 2.21. The molecule has 0 spiro atoms. The third-order valence-electron chi connectivity index (χ3n) is 2.04. The first kappa shape index (κ1) is 12.1. The Morgan fingerprint density at radius 3 is 2.44 bits per heavy atom. The number of rotatable bonds is 5. The summed E-state index contributed by atoms with van der Waals surface area (Å²) < 4.78 is 26.3. The van der Waals surface area contributed by atoms with Gasteiger partial charge in [-0.05, 0) is 12.1 Å². The largest absolute Gasteiger partial charge is 0.480 e. The summed E-state index contributed by atoms with van der Waals surface area (Å²) in [5.74, 6) is -3.02. The van der Waals surface area contributed by atoms with E-state index in [4.69, 9.17) is 5.11 Å². The zero-order valence-electron chi connectivity index (χ0n) is 8.11. The number of benzene rings is 1. The molecule has 6 heteroatoms. The number of nitrogens with one attached hydrogen (secondary N) is 1. The van der Waals surface area contributed by atoms with Crippen LogP contribution in [-0.2, 0) is 16.0 Å². The molecule has 1 amide bonds. The molecule has 1 aromatic rings. The lowest BCUT2D eigenvalue weighted by atomic mass is 10.0. The Morgan fingerprint density at radius 1 is 1.44 bits per heavy atom. The topological polar surface area (TPSA) is 66.4 Å². The van der Waals surface area contributed by atoms with Gasteiger partial charge in [0.1, 0.15) is 17.7 Å². The minimum atomic E-state index is -1.35. The van der Waals surface area contributed by atoms with Gasteiger partial charge in [-0.3, -0.25) is 4.79 Å². The lowest BCUT2D eigenvalue weighted by molar-refractivity contribution is -0.140. The van der Waals surface area contributed by atoms with E-state index in [1.54, 1.807) is 0 Å². The van der Waals surface area contributed by atoms with Crippen LogP contribution in [0.25, 0.3) is 0 Å². The predicted molar refractivity (Wildman–Crippen MR) is 50.7 cm³/mol. The maximum Gasteiger partial charge on any atom is 0.326 e. The fraction of sp³-hybridized carbons (Fsp3) is 0.200. The summed E-state index contributed by atoms with van der Waals surface area (Å²) in [6, 6.07) is 1.89. The van der Waals surface area contributed by atoms with Gasteiger partial charge in [0.25, 0.3) is 0 Å². The number of carbonyl (C=O) groups excluding carboxylic acids is 1. The Morgan fingerprint density at radius 2 is 2.00 bits per heavy atom. The summed E-state index contributed by atoms with van der Waals surface area (Å²) in [6.07, 6.45) is -0.260. The van der Waals surface area contributed by atoms with E-state index in [1.807, 2.05) is 5.32 Å². The molecule has 0 aliphatic carbocycles. The molecule has 2 N–H and O–H groups in total. The number of carboxylic acid groups (broad SMARTS) is 1. The molecule has 0 bridgehead atoms. The van der Waals surface area contributed by atoms with Gasteiger partial charge >= 0.3 is 5.97 Å². The van der Waals surface area contributed by atoms with Gasteiger partial charge in [-0.15, -0.1) is 0 Å². The lowest BCUT2D eigenvalue weighted by Crippen LogP contribution is -2.38. The minimum Gasteiger partial charge on any atom is -0.480 e. The average molecular weight is 229 g/mol. The van der Waals surface area contributed by atoms with Gasteiger partial charge < -0.3 is 10.4 Å². The van der Waals surface area contributed by atoms with Gasteiger partial charge in [-0.1, -0.05) is 6.07 Å². The summed E-state index contributed by atoms with van der Waals surface area (Å²) in [6.45, 7) is 0. The first-order chi connectivity index (χ1) is 7.56. The molecule has 0 fully saturated rings. The van der Waals surface area contributed by atoms with Crippen LogP contribution in [0, 0.1) is 11.6 Å². The minimum absolute atomic E-state index is 0.178. The smallest absolute Gasteiger partial charge is 0.326 e. The standard InChI is InChI=1S/C10H9F2NO3/c11-7-2-1-3-8(12)6(7)4-9(10(15)16)13-5-14/h1-3,5,9H,4H2,(H,13,14)(H,15,16). The van der Waals surface area contributed by atoms with Crippen molar-refractivity contribution in [2.45, 2.75) is 12.5 Å². The zero-order chi connectivity index (χ0) is 12.1. The fourth-order valence-electron chi connectivity index (χ4n) is 1.23. The third kappa shape index (κ3) is 2.75. The fourth-order valence-corrected chi connectivity index (χ4v) is 1.23. The summed E-state index contributed by atoms with van der Waals surface area (Å²) in [4.78, 5) is 20.8. The number of aliphatic carboxylic acids is 1. The first-order valence-corrected chi connectivity index (χ1v) is 4.41. The molecule has 16 heavy (non-hydrogen) atoms. The number of hydrogen-bond donors (Lipinski definition) is 2. The molecule has 0 aliphatic heterocycles. The number of halogens is 2. The number of hydrogen-bond acceptors (Lipinski definition) is 2. The molecule has 0 saturated carbocycles. The molecule has 0 radical (unpaired) electrons. The molecule has 1 aromatic carbocycles. The van der Waals surface area contributed by atoms with Crippen LogP contribution in [0.4, 0.5) is 8.78 Å². The third-order valence-corrected chi connectivity index (χ3v) is 2.04. The normalized spacial score (nSPS) is 11.9. The molecule has 1 unspecified atom stereocenters. The summed E-state index contributed by atoms with van der Waals surface area (Å²) in [5.41, 5.74) is -0.357. The van der Waals surface area contributed by atoms with Crippen LogP contribution < -0.4 is 5.32 Å². The van der Waals surface area contributed by atoms with Gasteiger partial charge in [-0.2, -0.15) is 0 Å². The molecule has 0 aliphatic rings. The number of carboxylic acids is 1. The van der Waals surface area contributed by atoms with Gasteiger partial charge in [-0.25, -0.2) is 13.6 Å². The Bertz CT molecular complexity index is 389. The quantitative estimate of drug-likeness (QED) is 0.730. The van der Waals surface area contributed by atoms with Crippen LogP contribution >= 0.6 is 0 Å². The zero-order valence-corrected chi connectivity index (χ0v) is 8.11. The van der Waals surface area contributed by atoms with Crippen molar-refractivity contribution in [3.05, 3.63) is 35.4 Å². The van der Waals surface area contributed by atoms with Crippen molar-refractivity contribution < 1.29 is 23.5 Å². The highest BCUT2D eigenvalue weighted by atomic mass is 19.1. The Labute approximate surface area is 89.9 Å². The lowest BCUT2D eigenvalue weighted by Gasteiger charge is -2.12. The second-order valence-corrected chi connectivity index (χ2v) is 3.08. The van der Waals surface area contributed by atoms with Gasteiger partial charge in [0.05, 0.1) is 0 Å². The Kier molecular flexibility index (Phi) is 3.93. The van der Waals surface area contributed by atoms with Gasteiger partial charge in [0, 0.05) is 12.0 Å². The van der Waals surface area contributed by atoms with E-state index in [0.29, 0.717) is 0 Å². The SMILES string of the molecule is O=CNC(Cc1c(F)cccc1F)C(=O)O. The molecule has 1 rings (SSSR count). The number of amides is 1. The molecular formula is C10H9F2NO3. The number of carbonyl (C=O) groups is 2. The van der Waals surface area contributed by atoms with Crippen molar-refractivity contribution in [3.63, 3.8) is 0 Å². The second-order valence-electron chi connectivity index (χ2n) is 3.08. The molecule has 86 valence electrons. The van der Waals surface area contributed by atoms with E-state index in [9.17, 15) is 18.4 Å². The van der Waals surface area contributed by atoms with Crippen molar-refractivity contribution in [1.82, 2.24) is 5.32 Å². The van der Waals surface area contributed by atoms with E-state index < -0.39 is 30.1 Å². The molecule has 1 atom stereocenters. The van der Waals surface area contributed by atoms with Crippen molar-refractivity contribution in [3.8, 4) is 0 Å². The van der Waals surface area contributed by atoms with Crippen molar-refractivity contribution in [2.24, 2.45) is 0 Å². The highest BCUT2D eigenvalue weighted by Crippen LogP contribution is 2.14. The van der Waals surface area contributed by atoms with E-state index in [-0.39, 0.29) is 12.0 Å². The van der Waals surface area contributed by atoms with E-state index >= 15 is 0 Å². The molecule has 0 heterocycles. The Hall–Kier alpha value is -1.98. The van der Waals surface area contributed by atoms with Crippen LogP contribution in [-0.4, -0.2) is 23.5 Å². The van der Waals surface area contributed by atoms with Gasteiger partial charge in [0.15, 0.2) is 0 Å². The van der Waals surface area contributed by atoms with Crippen LogP contribution in [0.5, 0.6) is 0 Å². The van der Waals surface area contributed by atoms with Crippen LogP contribution in [0.2, 0.25) is 0 Å². The first-order valence-electron chi connectivity index (χ1n) is 4.41.